The van der Waals surface area contributed by atoms with Crippen LogP contribution >= 0.6 is 12.6 Å². The summed E-state index contributed by atoms with van der Waals surface area (Å²) >= 11 is 3.85. The third-order valence-corrected chi connectivity index (χ3v) is 1.51. The Hall–Kier alpha value is -1.49. The Morgan fingerprint density at radius 1 is 1.64 bits per heavy atom. The van der Waals surface area contributed by atoms with Crippen molar-refractivity contribution < 1.29 is 14.6 Å². The van der Waals surface area contributed by atoms with E-state index in [4.69, 9.17) is 5.11 Å². The van der Waals surface area contributed by atoms with Crippen LogP contribution in [0.25, 0.3) is 0 Å². The molecular weight excluding hydrogens is 202 g/mol. The SMILES string of the molecule is C=C(C)C(=O)O.[O-][n+]1ccccc1S. The Morgan fingerprint density at radius 2 is 2.14 bits per heavy atom. The maximum Gasteiger partial charge on any atom is 0.330 e. The van der Waals surface area contributed by atoms with Gasteiger partial charge in [0, 0.05) is 17.7 Å². The number of carbonyl (C=O) groups is 1. The van der Waals surface area contributed by atoms with Gasteiger partial charge in [-0.15, -0.1) is 0 Å². The van der Waals surface area contributed by atoms with Crippen molar-refractivity contribution in [2.24, 2.45) is 0 Å². The number of thiol groups is 1. The van der Waals surface area contributed by atoms with Gasteiger partial charge in [0.1, 0.15) is 0 Å². The topological polar surface area (TPSA) is 64.2 Å². The molecule has 0 saturated heterocycles. The number of hydrogen-bond acceptors (Lipinski definition) is 3. The number of hydrogen-bond donors (Lipinski definition) is 2. The first-order chi connectivity index (χ1) is 6.45. The van der Waals surface area contributed by atoms with E-state index in [0.29, 0.717) is 9.76 Å². The Balaban J connectivity index is 0.000000255. The van der Waals surface area contributed by atoms with E-state index in [0.717, 1.165) is 0 Å². The second kappa shape index (κ2) is 6.04. The molecule has 0 atom stereocenters. The van der Waals surface area contributed by atoms with Gasteiger partial charge in [0.25, 0.3) is 0 Å². The van der Waals surface area contributed by atoms with Gasteiger partial charge in [0.15, 0.2) is 6.20 Å². The third-order valence-electron chi connectivity index (χ3n) is 1.17. The van der Waals surface area contributed by atoms with Crippen molar-refractivity contribution in [2.75, 3.05) is 0 Å². The molecular formula is C9H11NO3S. The van der Waals surface area contributed by atoms with Crippen LogP contribution < -0.4 is 4.73 Å². The summed E-state index contributed by atoms with van der Waals surface area (Å²) in [5.74, 6) is -0.935. The summed E-state index contributed by atoms with van der Waals surface area (Å²) in [6, 6.07) is 5.06. The third kappa shape index (κ3) is 5.21. The molecule has 0 aromatic carbocycles. The minimum atomic E-state index is -0.935. The lowest BCUT2D eigenvalue weighted by Crippen LogP contribution is -2.26. The van der Waals surface area contributed by atoms with E-state index >= 15 is 0 Å². The Labute approximate surface area is 87.5 Å². The fourth-order valence-electron chi connectivity index (χ4n) is 0.419. The summed E-state index contributed by atoms with van der Waals surface area (Å²) in [5.41, 5.74) is 0.176. The fraction of sp³-hybridized carbons (Fsp3) is 0.111. The van der Waals surface area contributed by atoms with E-state index in [1.165, 1.54) is 13.1 Å². The molecule has 0 bridgehead atoms. The van der Waals surface area contributed by atoms with Crippen molar-refractivity contribution in [3.8, 4) is 0 Å². The number of carboxylic acids is 1. The molecule has 4 nitrogen and oxygen atoms in total. The summed E-state index contributed by atoms with van der Waals surface area (Å²) in [7, 11) is 0. The first kappa shape index (κ1) is 12.5. The van der Waals surface area contributed by atoms with Gasteiger partial charge < -0.3 is 10.3 Å². The van der Waals surface area contributed by atoms with Gasteiger partial charge in [-0.25, -0.2) is 4.79 Å². The molecule has 1 heterocycles. The average Bonchev–Trinajstić information content (AvgIpc) is 2.11. The van der Waals surface area contributed by atoms with Gasteiger partial charge in [0.05, 0.1) is 0 Å². The number of aromatic nitrogens is 1. The molecule has 14 heavy (non-hydrogen) atoms. The number of aliphatic carboxylic acids is 1. The molecule has 1 rings (SSSR count). The highest BCUT2D eigenvalue weighted by molar-refractivity contribution is 7.80. The summed E-state index contributed by atoms with van der Waals surface area (Å²) < 4.78 is 0.698. The lowest BCUT2D eigenvalue weighted by molar-refractivity contribution is -0.645. The first-order valence-electron chi connectivity index (χ1n) is 3.71. The molecule has 0 aliphatic rings. The highest BCUT2D eigenvalue weighted by atomic mass is 32.1. The van der Waals surface area contributed by atoms with Crippen LogP contribution in [0.3, 0.4) is 0 Å². The van der Waals surface area contributed by atoms with E-state index in [1.807, 2.05) is 0 Å². The van der Waals surface area contributed by atoms with E-state index < -0.39 is 5.97 Å². The maximum atomic E-state index is 10.5. The van der Waals surface area contributed by atoms with E-state index in [-0.39, 0.29) is 5.57 Å². The zero-order valence-electron chi connectivity index (χ0n) is 7.67. The standard InChI is InChI=1S/C5H5NOS.C4H6O2/c7-6-4-2-1-3-5(6)8;1-3(2)4(5)6/h1-4,8H;1H2,2H3,(H,5,6). The summed E-state index contributed by atoms with van der Waals surface area (Å²) in [4.78, 5) is 9.60. The second-order valence-electron chi connectivity index (χ2n) is 2.47. The molecule has 1 N–H and O–H groups in total. The molecule has 76 valence electrons. The molecule has 0 aliphatic heterocycles. The van der Waals surface area contributed by atoms with Gasteiger partial charge in [-0.3, -0.25) is 0 Å². The van der Waals surface area contributed by atoms with Crippen LogP contribution in [0.15, 0.2) is 41.6 Å². The van der Waals surface area contributed by atoms with Crippen LogP contribution in [0.5, 0.6) is 0 Å². The van der Waals surface area contributed by atoms with Crippen LogP contribution in [-0.2, 0) is 4.79 Å². The zero-order chi connectivity index (χ0) is 11.1. The number of pyridine rings is 1. The minimum Gasteiger partial charge on any atom is -0.618 e. The van der Waals surface area contributed by atoms with Crippen molar-refractivity contribution in [2.45, 2.75) is 11.9 Å². The highest BCUT2D eigenvalue weighted by Gasteiger charge is 1.91. The predicted octanol–water partition coefficient (Wildman–Crippen LogP) is 1.26. The maximum absolute atomic E-state index is 10.5. The van der Waals surface area contributed by atoms with Crippen molar-refractivity contribution in [1.82, 2.24) is 0 Å². The van der Waals surface area contributed by atoms with Crippen LogP contribution in [0.2, 0.25) is 0 Å². The normalized spacial score (nSPS) is 8.43. The summed E-state index contributed by atoms with van der Waals surface area (Å²) in [6.45, 7) is 4.60. The summed E-state index contributed by atoms with van der Waals surface area (Å²) in [5, 5.41) is 18.8. The van der Waals surface area contributed by atoms with Gasteiger partial charge in [0.2, 0.25) is 5.03 Å². The Kier molecular flexibility index (Phi) is 5.40. The van der Waals surface area contributed by atoms with Crippen molar-refractivity contribution in [1.29, 1.82) is 0 Å². The molecule has 0 spiro atoms. The number of carboxylic acid groups (broad SMARTS) is 1. The molecule has 0 radical (unpaired) electrons. The summed E-state index contributed by atoms with van der Waals surface area (Å²) in [6.07, 6.45) is 1.41. The number of rotatable bonds is 1. The van der Waals surface area contributed by atoms with E-state index in [1.54, 1.807) is 18.2 Å². The minimum absolute atomic E-state index is 0.176. The monoisotopic (exact) mass is 213 g/mol. The second-order valence-corrected chi connectivity index (χ2v) is 2.93. The van der Waals surface area contributed by atoms with Gasteiger partial charge in [-0.1, -0.05) is 19.2 Å². The molecule has 0 unspecified atom stereocenters. The molecule has 0 fully saturated rings. The predicted molar refractivity (Wildman–Crippen MR) is 55.1 cm³/mol. The van der Waals surface area contributed by atoms with Gasteiger partial charge in [-0.05, 0) is 13.0 Å². The average molecular weight is 213 g/mol. The van der Waals surface area contributed by atoms with Crippen molar-refractivity contribution in [3.63, 3.8) is 0 Å². The van der Waals surface area contributed by atoms with Crippen LogP contribution in [-0.4, -0.2) is 11.1 Å². The quantitative estimate of drug-likeness (QED) is 0.319. The molecule has 0 aliphatic carbocycles. The van der Waals surface area contributed by atoms with Gasteiger partial charge in [-0.2, -0.15) is 4.73 Å². The van der Waals surface area contributed by atoms with Gasteiger partial charge >= 0.3 is 5.97 Å². The van der Waals surface area contributed by atoms with Crippen molar-refractivity contribution >= 4 is 18.6 Å². The molecule has 5 heteroatoms. The molecule has 1 aromatic rings. The van der Waals surface area contributed by atoms with Crippen molar-refractivity contribution in [3.05, 3.63) is 41.8 Å². The van der Waals surface area contributed by atoms with Crippen LogP contribution in [0.4, 0.5) is 0 Å². The fourth-order valence-corrected chi connectivity index (χ4v) is 0.572. The Morgan fingerprint density at radius 3 is 2.36 bits per heavy atom. The zero-order valence-corrected chi connectivity index (χ0v) is 8.57. The van der Waals surface area contributed by atoms with E-state index in [9.17, 15) is 10.0 Å². The smallest absolute Gasteiger partial charge is 0.330 e. The lowest BCUT2D eigenvalue weighted by atomic mass is 10.4. The lowest BCUT2D eigenvalue weighted by Gasteiger charge is -1.94. The number of nitrogens with zero attached hydrogens (tertiary/aromatic N) is 1. The Bertz CT molecular complexity index is 306. The first-order valence-corrected chi connectivity index (χ1v) is 4.16. The van der Waals surface area contributed by atoms with Crippen LogP contribution in [0.1, 0.15) is 6.92 Å². The molecule has 1 aromatic heterocycles. The largest absolute Gasteiger partial charge is 0.618 e. The molecule has 0 amide bonds. The van der Waals surface area contributed by atoms with E-state index in [2.05, 4.69) is 19.2 Å². The van der Waals surface area contributed by atoms with Crippen LogP contribution in [0, 0.1) is 5.21 Å². The highest BCUT2D eigenvalue weighted by Crippen LogP contribution is 1.93. The molecule has 0 saturated carbocycles.